The van der Waals surface area contributed by atoms with E-state index in [0.717, 1.165) is 0 Å². The molecule has 0 aromatic heterocycles. The van der Waals surface area contributed by atoms with Crippen LogP contribution in [-0.4, -0.2) is 38.2 Å². The van der Waals surface area contributed by atoms with Crippen molar-refractivity contribution in [2.45, 2.75) is 37.7 Å². The number of benzene rings is 1. The van der Waals surface area contributed by atoms with Crippen LogP contribution in [0.1, 0.15) is 23.7 Å². The number of alkyl halides is 1. The van der Waals surface area contributed by atoms with Crippen molar-refractivity contribution in [2.24, 2.45) is 0 Å². The van der Waals surface area contributed by atoms with Crippen LogP contribution in [0, 0.1) is 0 Å². The van der Waals surface area contributed by atoms with Gasteiger partial charge in [0.25, 0.3) is 0 Å². The Morgan fingerprint density at radius 3 is 2.72 bits per heavy atom. The predicted octanol–water partition coefficient (Wildman–Crippen LogP) is 1.85. The van der Waals surface area contributed by atoms with E-state index >= 15 is 0 Å². The van der Waals surface area contributed by atoms with E-state index in [2.05, 4.69) is 0 Å². The maximum atomic E-state index is 13.8. The van der Waals surface area contributed by atoms with E-state index in [1.54, 1.807) is 30.3 Å². The molecular formula is C13H14BFO3. The number of esters is 1. The van der Waals surface area contributed by atoms with Crippen LogP contribution in [0.2, 0.25) is 0 Å². The molecule has 1 aromatic carbocycles. The van der Waals surface area contributed by atoms with Crippen molar-refractivity contribution < 1.29 is 18.7 Å². The van der Waals surface area contributed by atoms with Gasteiger partial charge in [0, 0.05) is 0 Å². The molecule has 0 aliphatic carbocycles. The highest BCUT2D eigenvalue weighted by atomic mass is 19.1. The Bertz CT molecular complexity index is 412. The second-order valence-electron chi connectivity index (χ2n) is 4.23. The van der Waals surface area contributed by atoms with Gasteiger partial charge in [-0.3, -0.25) is 0 Å². The summed E-state index contributed by atoms with van der Waals surface area (Å²) in [6.07, 6.45) is -2.36. The Balaban J connectivity index is 2.06. The van der Waals surface area contributed by atoms with Gasteiger partial charge in [0.1, 0.15) is 7.85 Å². The molecule has 2 rings (SSSR count). The van der Waals surface area contributed by atoms with Crippen LogP contribution in [0.15, 0.2) is 30.3 Å². The second-order valence-corrected chi connectivity index (χ2v) is 4.23. The molecule has 1 aliphatic heterocycles. The summed E-state index contributed by atoms with van der Waals surface area (Å²) < 4.78 is 24.1. The minimum Gasteiger partial charge on any atom is -0.453 e. The zero-order valence-electron chi connectivity index (χ0n) is 10.1. The van der Waals surface area contributed by atoms with Crippen LogP contribution in [0.25, 0.3) is 0 Å². The van der Waals surface area contributed by atoms with Crippen molar-refractivity contribution >= 4 is 13.8 Å². The zero-order valence-corrected chi connectivity index (χ0v) is 10.1. The SMILES string of the molecule is [B][C@H]1O[C@@H](CC)[C@H](OC(=O)c2ccccc2)[C@H]1F. The maximum absolute atomic E-state index is 13.8. The average Bonchev–Trinajstić information content (AvgIpc) is 2.67. The van der Waals surface area contributed by atoms with Crippen molar-refractivity contribution in [3.8, 4) is 0 Å². The minimum atomic E-state index is -1.48. The standard InChI is InChI=1S/C13H14BFO3/c1-2-9-11(10(15)12(14)17-9)18-13(16)8-6-4-3-5-7-8/h3-7,9-12H,2H2,1H3/t9-,10+,11-,12-/m0/s1. The third kappa shape index (κ3) is 2.56. The van der Waals surface area contributed by atoms with Gasteiger partial charge in [-0.05, 0) is 18.6 Å². The van der Waals surface area contributed by atoms with Crippen molar-refractivity contribution in [1.82, 2.24) is 0 Å². The minimum absolute atomic E-state index is 0.389. The maximum Gasteiger partial charge on any atom is 0.338 e. The summed E-state index contributed by atoms with van der Waals surface area (Å²) in [5, 5.41) is 0. The normalized spacial score (nSPS) is 31.2. The van der Waals surface area contributed by atoms with E-state index in [0.29, 0.717) is 12.0 Å². The summed E-state index contributed by atoms with van der Waals surface area (Å²) in [7, 11) is 5.46. The number of hydrogen-bond acceptors (Lipinski definition) is 3. The molecule has 0 saturated carbocycles. The van der Waals surface area contributed by atoms with Crippen LogP contribution in [-0.2, 0) is 9.47 Å². The smallest absolute Gasteiger partial charge is 0.338 e. The quantitative estimate of drug-likeness (QED) is 0.605. The Morgan fingerprint density at radius 2 is 2.11 bits per heavy atom. The lowest BCUT2D eigenvalue weighted by molar-refractivity contribution is -0.00949. The summed E-state index contributed by atoms with van der Waals surface area (Å²) >= 11 is 0. The Hall–Kier alpha value is -1.36. The Labute approximate surface area is 107 Å². The summed E-state index contributed by atoms with van der Waals surface area (Å²) in [5.41, 5.74) is 0.389. The van der Waals surface area contributed by atoms with Gasteiger partial charge in [0.15, 0.2) is 12.3 Å². The molecule has 0 bridgehead atoms. The molecule has 0 amide bonds. The molecule has 3 nitrogen and oxygen atoms in total. The van der Waals surface area contributed by atoms with E-state index in [1.807, 2.05) is 6.92 Å². The van der Waals surface area contributed by atoms with Crippen LogP contribution in [0.4, 0.5) is 4.39 Å². The Morgan fingerprint density at radius 1 is 1.44 bits per heavy atom. The van der Waals surface area contributed by atoms with Gasteiger partial charge in [0.05, 0.1) is 17.7 Å². The second kappa shape index (κ2) is 5.52. The summed E-state index contributed by atoms with van der Waals surface area (Å²) in [6.45, 7) is 1.83. The van der Waals surface area contributed by atoms with Crippen molar-refractivity contribution in [2.75, 3.05) is 0 Å². The topological polar surface area (TPSA) is 35.5 Å². The molecule has 4 atom stereocenters. The van der Waals surface area contributed by atoms with E-state index in [1.165, 1.54) is 0 Å². The van der Waals surface area contributed by atoms with Gasteiger partial charge in [-0.1, -0.05) is 25.1 Å². The third-order valence-corrected chi connectivity index (χ3v) is 2.98. The first kappa shape index (κ1) is 13.1. The van der Waals surface area contributed by atoms with E-state index in [4.69, 9.17) is 17.3 Å². The predicted molar refractivity (Wildman–Crippen MR) is 65.2 cm³/mol. The largest absolute Gasteiger partial charge is 0.453 e. The third-order valence-electron chi connectivity index (χ3n) is 2.98. The fraction of sp³-hybridized carbons (Fsp3) is 0.462. The lowest BCUT2D eigenvalue weighted by Crippen LogP contribution is -2.34. The number of hydrogen-bond donors (Lipinski definition) is 0. The van der Waals surface area contributed by atoms with Gasteiger partial charge in [0.2, 0.25) is 0 Å². The number of halogens is 1. The molecule has 0 spiro atoms. The summed E-state index contributed by atoms with van der Waals surface area (Å²) in [4.78, 5) is 11.8. The van der Waals surface area contributed by atoms with Crippen molar-refractivity contribution in [3.05, 3.63) is 35.9 Å². The van der Waals surface area contributed by atoms with Crippen LogP contribution in [0.3, 0.4) is 0 Å². The highest BCUT2D eigenvalue weighted by Gasteiger charge is 2.44. The van der Waals surface area contributed by atoms with Crippen LogP contribution in [0.5, 0.6) is 0 Å². The molecule has 1 fully saturated rings. The fourth-order valence-corrected chi connectivity index (χ4v) is 1.98. The first-order valence-electron chi connectivity index (χ1n) is 5.94. The summed E-state index contributed by atoms with van der Waals surface area (Å²) in [6, 6.07) is 7.44. The zero-order chi connectivity index (χ0) is 13.1. The van der Waals surface area contributed by atoms with E-state index < -0.39 is 30.4 Å². The monoisotopic (exact) mass is 248 g/mol. The van der Waals surface area contributed by atoms with Gasteiger partial charge < -0.3 is 9.47 Å². The van der Waals surface area contributed by atoms with Crippen molar-refractivity contribution in [1.29, 1.82) is 0 Å². The fourth-order valence-electron chi connectivity index (χ4n) is 1.98. The number of carbonyl (C=O) groups is 1. The van der Waals surface area contributed by atoms with Crippen LogP contribution < -0.4 is 0 Å². The van der Waals surface area contributed by atoms with Crippen molar-refractivity contribution in [3.63, 3.8) is 0 Å². The lowest BCUT2D eigenvalue weighted by Gasteiger charge is -2.18. The highest BCUT2D eigenvalue weighted by molar-refractivity contribution is 6.11. The molecule has 1 saturated heterocycles. The molecule has 0 N–H and O–H groups in total. The highest BCUT2D eigenvalue weighted by Crippen LogP contribution is 2.27. The van der Waals surface area contributed by atoms with Gasteiger partial charge in [-0.2, -0.15) is 0 Å². The molecule has 5 heteroatoms. The van der Waals surface area contributed by atoms with Gasteiger partial charge in [-0.25, -0.2) is 9.18 Å². The van der Waals surface area contributed by atoms with Gasteiger partial charge in [-0.15, -0.1) is 0 Å². The molecule has 2 radical (unpaired) electrons. The average molecular weight is 248 g/mol. The number of ether oxygens (including phenoxy) is 2. The molecule has 1 aliphatic rings. The van der Waals surface area contributed by atoms with Crippen LogP contribution >= 0.6 is 0 Å². The lowest BCUT2D eigenvalue weighted by atomic mass is 9.94. The number of carbonyl (C=O) groups excluding carboxylic acids is 1. The first-order valence-corrected chi connectivity index (χ1v) is 5.94. The molecule has 0 unspecified atom stereocenters. The molecule has 1 aromatic rings. The molecular weight excluding hydrogens is 234 g/mol. The molecule has 1 heterocycles. The summed E-state index contributed by atoms with van der Waals surface area (Å²) in [5.74, 6) is -0.556. The molecule has 18 heavy (non-hydrogen) atoms. The molecule has 94 valence electrons. The van der Waals surface area contributed by atoms with E-state index in [9.17, 15) is 9.18 Å². The Kier molecular flexibility index (Phi) is 4.02. The number of rotatable bonds is 3. The first-order chi connectivity index (χ1) is 8.63. The van der Waals surface area contributed by atoms with E-state index in [-0.39, 0.29) is 0 Å². The van der Waals surface area contributed by atoms with Gasteiger partial charge >= 0.3 is 5.97 Å².